The summed E-state index contributed by atoms with van der Waals surface area (Å²) in [5.74, 6) is 6.69. The molecule has 56 valence electrons. The molecular weight excluding hydrogens is 157 g/mol. The molecule has 0 saturated heterocycles. The molecule has 2 heteroatoms. The van der Waals surface area contributed by atoms with Gasteiger partial charge in [0, 0.05) is 12.4 Å². The first-order valence-corrected chi connectivity index (χ1v) is 5.70. The van der Waals surface area contributed by atoms with Gasteiger partial charge in [0.25, 0.3) is 0 Å². The largest absolute Gasteiger partial charge is 0.368 e. The second kappa shape index (κ2) is 5.91. The van der Waals surface area contributed by atoms with Crippen LogP contribution in [0.25, 0.3) is 0 Å². The zero-order valence-electron chi connectivity index (χ0n) is 6.14. The Kier molecular flexibility index (Phi) is 5.77. The van der Waals surface area contributed by atoms with E-state index in [1.807, 2.05) is 24.5 Å². The maximum Gasteiger partial charge on any atom is 0.000496 e. The molecule has 0 amide bonds. The van der Waals surface area contributed by atoms with Crippen LogP contribution < -0.4 is 0 Å². The van der Waals surface area contributed by atoms with Gasteiger partial charge in [0.2, 0.25) is 0 Å². The van der Waals surface area contributed by atoms with Crippen molar-refractivity contribution >= 4 is 0 Å². The van der Waals surface area contributed by atoms with Crippen molar-refractivity contribution in [1.29, 1.82) is 0 Å². The topological polar surface area (TPSA) is 15.8 Å². The molecule has 0 aliphatic heterocycles. The summed E-state index contributed by atoms with van der Waals surface area (Å²) < 4.78 is 0. The van der Waals surface area contributed by atoms with Gasteiger partial charge in [-0.3, -0.25) is 0 Å². The molecule has 1 heterocycles. The van der Waals surface area contributed by atoms with E-state index >= 15 is 0 Å². The Morgan fingerprint density at radius 2 is 1.33 bits per heavy atom. The van der Waals surface area contributed by atoms with E-state index in [2.05, 4.69) is 22.6 Å². The summed E-state index contributed by atoms with van der Waals surface area (Å²) in [7, 11) is 0. The van der Waals surface area contributed by atoms with Crippen LogP contribution in [0.4, 0.5) is 0 Å². The number of aromatic amines is 1. The number of rotatable bonds is 0. The van der Waals surface area contributed by atoms with Gasteiger partial charge in [-0.05, 0) is 12.1 Å². The molecule has 0 unspecified atom stereocenters. The molecule has 0 aromatic carbocycles. The molecule has 0 saturated carbocycles. The van der Waals surface area contributed by atoms with Gasteiger partial charge in [-0.25, -0.2) is 0 Å². The molecule has 1 rings (SSSR count). The number of aromatic nitrogens is 1. The fourth-order valence-electron chi connectivity index (χ4n) is 0.278. The number of nitrogens with one attached hydrogen (secondary N) is 1. The Balaban J connectivity index is 0.000000148. The third-order valence-electron chi connectivity index (χ3n) is 0.496. The number of hydrogen-bond donors (Lipinski definition) is 1. The molecule has 1 N–H and O–H groups in total. The summed E-state index contributed by atoms with van der Waals surface area (Å²) >= 11 is 0.396. The predicted molar refractivity (Wildman–Crippen MR) is 38.4 cm³/mol. The number of hydrogen-bond acceptors (Lipinski definition) is 0. The predicted octanol–water partition coefficient (Wildman–Crippen LogP) is 2.76. The standard InChI is InChI=1S/C4H5N.3CH3.Co/c1-2-4-5-3-1;;;;/h1-5H;3*1H3;. The molecule has 1 nitrogen and oxygen atoms in total. The van der Waals surface area contributed by atoms with Gasteiger partial charge < -0.3 is 4.98 Å². The van der Waals surface area contributed by atoms with Gasteiger partial charge in [-0.15, -0.1) is 0 Å². The van der Waals surface area contributed by atoms with Gasteiger partial charge in [0.1, 0.15) is 0 Å². The summed E-state index contributed by atoms with van der Waals surface area (Å²) in [4.78, 5) is 2.86. The SMILES string of the molecule is [CH3][Co]([CH3])[CH3].c1cc[nH]c1. The normalized spacial score (nSPS) is 9.44. The Hall–Kier alpha value is -0.214. The molecule has 0 aliphatic carbocycles. The molecule has 0 atom stereocenters. The summed E-state index contributed by atoms with van der Waals surface area (Å²) in [5, 5.41) is 0. The maximum atomic E-state index is 2.86. The minimum absolute atomic E-state index is 0.396. The van der Waals surface area contributed by atoms with Crippen molar-refractivity contribution < 1.29 is 13.7 Å². The van der Waals surface area contributed by atoms with E-state index in [0.29, 0.717) is 13.7 Å². The van der Waals surface area contributed by atoms with Crippen LogP contribution in [0.15, 0.2) is 24.5 Å². The fraction of sp³-hybridized carbons (Fsp3) is 0.429. The van der Waals surface area contributed by atoms with Crippen LogP contribution in [-0.2, 0) is 13.7 Å². The molecule has 9 heavy (non-hydrogen) atoms. The first-order chi connectivity index (χ1) is 4.23. The molecule has 1 aromatic rings. The zero-order valence-corrected chi connectivity index (χ0v) is 7.18. The molecule has 0 bridgehead atoms. The van der Waals surface area contributed by atoms with E-state index in [1.54, 1.807) is 0 Å². The fourth-order valence-corrected chi connectivity index (χ4v) is 0.278. The van der Waals surface area contributed by atoms with Crippen LogP contribution in [-0.4, -0.2) is 4.98 Å². The summed E-state index contributed by atoms with van der Waals surface area (Å²) in [5.41, 5.74) is 0. The quantitative estimate of drug-likeness (QED) is 0.617. The van der Waals surface area contributed by atoms with Gasteiger partial charge in [0.15, 0.2) is 0 Å². The van der Waals surface area contributed by atoms with Gasteiger partial charge in [-0.1, -0.05) is 0 Å². The molecular formula is C7H14CoN. The van der Waals surface area contributed by atoms with Crippen molar-refractivity contribution in [3.05, 3.63) is 24.5 Å². The van der Waals surface area contributed by atoms with E-state index in [4.69, 9.17) is 0 Å². The average Bonchev–Trinajstić information content (AvgIpc) is 2.11. The summed E-state index contributed by atoms with van der Waals surface area (Å²) in [6, 6.07) is 3.89. The van der Waals surface area contributed by atoms with Crippen LogP contribution in [0.5, 0.6) is 0 Å². The van der Waals surface area contributed by atoms with Crippen molar-refractivity contribution in [1.82, 2.24) is 4.98 Å². The average molecular weight is 171 g/mol. The van der Waals surface area contributed by atoms with Crippen LogP contribution >= 0.6 is 0 Å². The Bertz CT molecular complexity index is 92.5. The van der Waals surface area contributed by atoms with Gasteiger partial charge in [-0.2, -0.15) is 0 Å². The Labute approximate surface area is 61.2 Å². The molecule has 0 aliphatic rings. The number of H-pyrrole nitrogens is 1. The zero-order chi connectivity index (χ0) is 7.11. The summed E-state index contributed by atoms with van der Waals surface area (Å²) in [6.07, 6.45) is 3.75. The van der Waals surface area contributed by atoms with Crippen LogP contribution in [0.2, 0.25) is 17.6 Å². The van der Waals surface area contributed by atoms with Crippen molar-refractivity contribution in [2.24, 2.45) is 0 Å². The Morgan fingerprint density at radius 3 is 1.44 bits per heavy atom. The van der Waals surface area contributed by atoms with Crippen LogP contribution in [0, 0.1) is 0 Å². The molecule has 0 fully saturated rings. The van der Waals surface area contributed by atoms with Crippen molar-refractivity contribution in [2.75, 3.05) is 0 Å². The second-order valence-corrected chi connectivity index (χ2v) is 5.01. The van der Waals surface area contributed by atoms with Gasteiger partial charge >= 0.3 is 31.2 Å². The molecule has 0 radical (unpaired) electrons. The molecule has 0 spiro atoms. The second-order valence-electron chi connectivity index (χ2n) is 1.88. The Morgan fingerprint density at radius 1 is 1.00 bits per heavy atom. The van der Waals surface area contributed by atoms with Crippen molar-refractivity contribution in [3.8, 4) is 0 Å². The third-order valence-corrected chi connectivity index (χ3v) is 0.496. The van der Waals surface area contributed by atoms with Gasteiger partial charge in [0.05, 0.1) is 0 Å². The smallest absolute Gasteiger partial charge is 0.000496 e. The maximum absolute atomic E-state index is 2.86. The van der Waals surface area contributed by atoms with E-state index in [9.17, 15) is 0 Å². The first-order valence-electron chi connectivity index (χ1n) is 2.58. The summed E-state index contributed by atoms with van der Waals surface area (Å²) in [6.45, 7) is 0. The van der Waals surface area contributed by atoms with Crippen LogP contribution in [0.1, 0.15) is 0 Å². The van der Waals surface area contributed by atoms with E-state index in [1.165, 1.54) is 0 Å². The minimum Gasteiger partial charge on any atom is -0.368 e. The third kappa shape index (κ3) is 11.4. The minimum atomic E-state index is 0.396. The van der Waals surface area contributed by atoms with E-state index in [0.717, 1.165) is 0 Å². The monoisotopic (exact) mass is 171 g/mol. The molecule has 1 aromatic heterocycles. The first kappa shape index (κ1) is 8.79. The van der Waals surface area contributed by atoms with Crippen molar-refractivity contribution in [2.45, 2.75) is 17.6 Å². The van der Waals surface area contributed by atoms with E-state index < -0.39 is 0 Å². The van der Waals surface area contributed by atoms with Crippen molar-refractivity contribution in [3.63, 3.8) is 0 Å². The van der Waals surface area contributed by atoms with E-state index in [-0.39, 0.29) is 0 Å². The van der Waals surface area contributed by atoms with Crippen LogP contribution in [0.3, 0.4) is 0 Å².